The number of nitrogens with one attached hydrogen (secondary N) is 1. The molecule has 92 valence electrons. The average molecular weight is 264 g/mol. The Balaban J connectivity index is 2.03. The van der Waals surface area contributed by atoms with Crippen LogP contribution in [-0.4, -0.2) is 5.91 Å². The molecule has 2 rings (SSSR count). The maximum Gasteiger partial charge on any atom is 0.228 e. The predicted molar refractivity (Wildman–Crippen MR) is 70.2 cm³/mol. The SMILES string of the molecule is O=C(Cc1ccccc1)Nc1ccc(F)cc1Cl. The molecule has 0 bridgehead atoms. The van der Waals surface area contributed by atoms with Crippen molar-refractivity contribution in [2.75, 3.05) is 5.32 Å². The molecule has 0 fully saturated rings. The standard InChI is InChI=1S/C14H11ClFNO/c15-12-9-11(16)6-7-13(12)17-14(18)8-10-4-2-1-3-5-10/h1-7,9H,8H2,(H,17,18). The van der Waals surface area contributed by atoms with Crippen molar-refractivity contribution in [1.29, 1.82) is 0 Å². The van der Waals surface area contributed by atoms with E-state index in [2.05, 4.69) is 5.32 Å². The molecule has 0 spiro atoms. The molecule has 0 unspecified atom stereocenters. The average Bonchev–Trinajstić information content (AvgIpc) is 2.34. The second-order valence-corrected chi connectivity index (χ2v) is 4.24. The quantitative estimate of drug-likeness (QED) is 0.900. The number of amides is 1. The molecule has 0 saturated carbocycles. The summed E-state index contributed by atoms with van der Waals surface area (Å²) in [6.07, 6.45) is 0.258. The monoisotopic (exact) mass is 263 g/mol. The molecule has 0 aliphatic carbocycles. The van der Waals surface area contributed by atoms with Crippen molar-refractivity contribution in [3.63, 3.8) is 0 Å². The second-order valence-electron chi connectivity index (χ2n) is 3.83. The van der Waals surface area contributed by atoms with Crippen molar-refractivity contribution in [2.24, 2.45) is 0 Å². The Morgan fingerprint density at radius 1 is 1.17 bits per heavy atom. The minimum atomic E-state index is -0.430. The van der Waals surface area contributed by atoms with E-state index >= 15 is 0 Å². The molecule has 0 radical (unpaired) electrons. The first-order valence-electron chi connectivity index (χ1n) is 5.44. The van der Waals surface area contributed by atoms with Crippen LogP contribution in [0.2, 0.25) is 5.02 Å². The van der Waals surface area contributed by atoms with Gasteiger partial charge in [-0.1, -0.05) is 41.9 Å². The Labute approximate surface area is 109 Å². The Morgan fingerprint density at radius 2 is 1.89 bits per heavy atom. The molecule has 0 aliphatic heterocycles. The molecule has 2 nitrogen and oxygen atoms in total. The zero-order valence-corrected chi connectivity index (χ0v) is 10.2. The van der Waals surface area contributed by atoms with Crippen LogP contribution >= 0.6 is 11.6 Å². The zero-order chi connectivity index (χ0) is 13.0. The van der Waals surface area contributed by atoms with Crippen LogP contribution in [0.1, 0.15) is 5.56 Å². The zero-order valence-electron chi connectivity index (χ0n) is 9.49. The maximum atomic E-state index is 12.8. The van der Waals surface area contributed by atoms with Crippen molar-refractivity contribution < 1.29 is 9.18 Å². The van der Waals surface area contributed by atoms with Gasteiger partial charge in [-0.05, 0) is 23.8 Å². The summed E-state index contributed by atoms with van der Waals surface area (Å²) in [5.41, 5.74) is 1.33. The third-order valence-corrected chi connectivity index (χ3v) is 2.73. The first-order valence-corrected chi connectivity index (χ1v) is 5.82. The lowest BCUT2D eigenvalue weighted by atomic mass is 10.1. The summed E-state index contributed by atoms with van der Waals surface area (Å²) in [5, 5.41) is 2.84. The van der Waals surface area contributed by atoms with E-state index in [-0.39, 0.29) is 17.4 Å². The molecule has 2 aromatic carbocycles. The Hall–Kier alpha value is -1.87. The Bertz CT molecular complexity index is 557. The summed E-state index contributed by atoms with van der Waals surface area (Å²) in [6, 6.07) is 13.2. The lowest BCUT2D eigenvalue weighted by Crippen LogP contribution is -2.14. The summed E-state index contributed by atoms with van der Waals surface area (Å²) in [6.45, 7) is 0. The van der Waals surface area contributed by atoms with Crippen molar-refractivity contribution in [3.05, 3.63) is 64.9 Å². The van der Waals surface area contributed by atoms with Crippen LogP contribution < -0.4 is 5.32 Å². The minimum Gasteiger partial charge on any atom is -0.324 e. The van der Waals surface area contributed by atoms with E-state index in [0.29, 0.717) is 5.69 Å². The normalized spacial score (nSPS) is 10.1. The summed E-state index contributed by atoms with van der Waals surface area (Å²) in [7, 11) is 0. The van der Waals surface area contributed by atoms with Gasteiger partial charge in [-0.3, -0.25) is 4.79 Å². The number of carbonyl (C=O) groups is 1. The van der Waals surface area contributed by atoms with Crippen molar-refractivity contribution in [2.45, 2.75) is 6.42 Å². The van der Waals surface area contributed by atoms with Crippen LogP contribution in [0.3, 0.4) is 0 Å². The van der Waals surface area contributed by atoms with Gasteiger partial charge in [0.2, 0.25) is 5.91 Å². The summed E-state index contributed by atoms with van der Waals surface area (Å²) in [4.78, 5) is 11.8. The van der Waals surface area contributed by atoms with Crippen LogP contribution in [0.4, 0.5) is 10.1 Å². The van der Waals surface area contributed by atoms with E-state index < -0.39 is 5.82 Å². The molecule has 1 N–H and O–H groups in total. The molecular formula is C14H11ClFNO. The largest absolute Gasteiger partial charge is 0.324 e. The highest BCUT2D eigenvalue weighted by atomic mass is 35.5. The van der Waals surface area contributed by atoms with Gasteiger partial charge in [0.15, 0.2) is 0 Å². The van der Waals surface area contributed by atoms with Crippen LogP contribution in [-0.2, 0) is 11.2 Å². The highest BCUT2D eigenvalue weighted by Gasteiger charge is 2.07. The lowest BCUT2D eigenvalue weighted by molar-refractivity contribution is -0.115. The number of hydrogen-bond donors (Lipinski definition) is 1. The Kier molecular flexibility index (Phi) is 3.95. The third-order valence-electron chi connectivity index (χ3n) is 2.41. The number of rotatable bonds is 3. The van der Waals surface area contributed by atoms with Crippen molar-refractivity contribution in [1.82, 2.24) is 0 Å². The molecule has 0 heterocycles. The minimum absolute atomic E-state index is 0.185. The third kappa shape index (κ3) is 3.31. The second kappa shape index (κ2) is 5.65. The number of anilines is 1. The van der Waals surface area contributed by atoms with Crippen LogP contribution in [0, 0.1) is 5.82 Å². The summed E-state index contributed by atoms with van der Waals surface area (Å²) >= 11 is 5.82. The van der Waals surface area contributed by atoms with E-state index in [1.807, 2.05) is 30.3 Å². The molecule has 18 heavy (non-hydrogen) atoms. The number of hydrogen-bond acceptors (Lipinski definition) is 1. The van der Waals surface area contributed by atoms with Gasteiger partial charge >= 0.3 is 0 Å². The lowest BCUT2D eigenvalue weighted by Gasteiger charge is -2.07. The first-order chi connectivity index (χ1) is 8.65. The fourth-order valence-electron chi connectivity index (χ4n) is 1.57. The van der Waals surface area contributed by atoms with E-state index in [9.17, 15) is 9.18 Å². The van der Waals surface area contributed by atoms with E-state index in [1.54, 1.807) is 0 Å². The first kappa shape index (κ1) is 12.6. The van der Waals surface area contributed by atoms with Gasteiger partial charge in [-0.25, -0.2) is 4.39 Å². The fourth-order valence-corrected chi connectivity index (χ4v) is 1.78. The number of benzene rings is 2. The fraction of sp³-hybridized carbons (Fsp3) is 0.0714. The maximum absolute atomic E-state index is 12.8. The van der Waals surface area contributed by atoms with Gasteiger partial charge in [-0.15, -0.1) is 0 Å². The number of halogens is 2. The van der Waals surface area contributed by atoms with Crippen LogP contribution in [0.25, 0.3) is 0 Å². The van der Waals surface area contributed by atoms with Gasteiger partial charge in [0.05, 0.1) is 17.1 Å². The van der Waals surface area contributed by atoms with Crippen molar-refractivity contribution in [3.8, 4) is 0 Å². The van der Waals surface area contributed by atoms with Gasteiger partial charge in [0.25, 0.3) is 0 Å². The summed E-state index contributed by atoms with van der Waals surface area (Å²) in [5.74, 6) is -0.615. The molecular weight excluding hydrogens is 253 g/mol. The molecule has 0 aliphatic rings. The van der Waals surface area contributed by atoms with Gasteiger partial charge < -0.3 is 5.32 Å². The van der Waals surface area contributed by atoms with E-state index in [0.717, 1.165) is 5.56 Å². The van der Waals surface area contributed by atoms with E-state index in [1.165, 1.54) is 18.2 Å². The Morgan fingerprint density at radius 3 is 2.56 bits per heavy atom. The summed E-state index contributed by atoms with van der Waals surface area (Å²) < 4.78 is 12.8. The number of carbonyl (C=O) groups excluding carboxylic acids is 1. The van der Waals surface area contributed by atoms with Gasteiger partial charge in [0, 0.05) is 0 Å². The smallest absolute Gasteiger partial charge is 0.228 e. The molecule has 2 aromatic rings. The highest BCUT2D eigenvalue weighted by molar-refractivity contribution is 6.33. The molecule has 0 aromatic heterocycles. The van der Waals surface area contributed by atoms with Crippen molar-refractivity contribution >= 4 is 23.2 Å². The van der Waals surface area contributed by atoms with Gasteiger partial charge in [0.1, 0.15) is 5.82 Å². The van der Waals surface area contributed by atoms with E-state index in [4.69, 9.17) is 11.6 Å². The molecule has 0 atom stereocenters. The molecule has 4 heteroatoms. The highest BCUT2D eigenvalue weighted by Crippen LogP contribution is 2.22. The van der Waals surface area contributed by atoms with Crippen LogP contribution in [0.15, 0.2) is 48.5 Å². The van der Waals surface area contributed by atoms with Gasteiger partial charge in [-0.2, -0.15) is 0 Å². The molecule has 1 amide bonds. The predicted octanol–water partition coefficient (Wildman–Crippen LogP) is 3.66. The topological polar surface area (TPSA) is 29.1 Å². The van der Waals surface area contributed by atoms with Crippen LogP contribution in [0.5, 0.6) is 0 Å². The molecule has 0 saturated heterocycles.